The van der Waals surface area contributed by atoms with Crippen LogP contribution < -0.4 is 10.2 Å². The van der Waals surface area contributed by atoms with Crippen LogP contribution in [-0.4, -0.2) is 43.5 Å². The molecule has 0 aromatic heterocycles. The molecule has 1 fully saturated rings. The molecule has 1 saturated heterocycles. The van der Waals surface area contributed by atoms with Gasteiger partial charge in [0.15, 0.2) is 0 Å². The van der Waals surface area contributed by atoms with E-state index in [1.54, 1.807) is 13.0 Å². The predicted octanol–water partition coefficient (Wildman–Crippen LogP) is 3.91. The van der Waals surface area contributed by atoms with Gasteiger partial charge in [-0.3, -0.25) is 4.79 Å². The van der Waals surface area contributed by atoms with Crippen LogP contribution in [0.4, 0.5) is 14.5 Å². The Balaban J connectivity index is 1.79. The third-order valence-electron chi connectivity index (χ3n) is 5.38. The zero-order valence-corrected chi connectivity index (χ0v) is 16.6. The van der Waals surface area contributed by atoms with E-state index in [0.717, 1.165) is 44.0 Å². The predicted molar refractivity (Wildman–Crippen MR) is 108 cm³/mol. The number of carbonyl (C=O) groups excluding carboxylic acids is 1. The Morgan fingerprint density at radius 1 is 1.11 bits per heavy atom. The van der Waals surface area contributed by atoms with E-state index in [1.807, 2.05) is 6.92 Å². The third kappa shape index (κ3) is 4.50. The minimum absolute atomic E-state index is 0.304. The molecule has 0 aliphatic carbocycles. The Morgan fingerprint density at radius 2 is 1.82 bits per heavy atom. The minimum atomic E-state index is -0.382. The second kappa shape index (κ2) is 8.69. The summed E-state index contributed by atoms with van der Waals surface area (Å²) in [4.78, 5) is 17.2. The maximum atomic E-state index is 14.0. The highest BCUT2D eigenvalue weighted by Crippen LogP contribution is 2.28. The van der Waals surface area contributed by atoms with Crippen molar-refractivity contribution in [2.24, 2.45) is 0 Å². The molecule has 2 aromatic carbocycles. The topological polar surface area (TPSA) is 35.6 Å². The van der Waals surface area contributed by atoms with Crippen LogP contribution in [0.25, 0.3) is 0 Å². The molecule has 2 aromatic rings. The molecular weight excluding hydrogens is 360 g/mol. The maximum Gasteiger partial charge on any atom is 0.251 e. The van der Waals surface area contributed by atoms with Gasteiger partial charge in [-0.25, -0.2) is 8.78 Å². The quantitative estimate of drug-likeness (QED) is 0.845. The van der Waals surface area contributed by atoms with Crippen LogP contribution in [0, 0.1) is 18.6 Å². The van der Waals surface area contributed by atoms with Gasteiger partial charge in [0, 0.05) is 43.0 Å². The molecule has 1 heterocycles. The number of nitrogens with zero attached hydrogens (tertiary/aromatic N) is 2. The van der Waals surface area contributed by atoms with E-state index >= 15 is 0 Å². The lowest BCUT2D eigenvalue weighted by Gasteiger charge is -2.37. The molecule has 28 heavy (non-hydrogen) atoms. The van der Waals surface area contributed by atoms with Gasteiger partial charge in [-0.1, -0.05) is 6.92 Å². The molecule has 0 radical (unpaired) electrons. The van der Waals surface area contributed by atoms with Crippen molar-refractivity contribution < 1.29 is 13.6 Å². The Morgan fingerprint density at radius 3 is 2.46 bits per heavy atom. The largest absolute Gasteiger partial charge is 0.369 e. The molecule has 1 aliphatic rings. The Bertz CT molecular complexity index is 848. The van der Waals surface area contributed by atoms with E-state index in [9.17, 15) is 13.6 Å². The second-order valence-electron chi connectivity index (χ2n) is 7.28. The van der Waals surface area contributed by atoms with Crippen molar-refractivity contribution in [1.82, 2.24) is 10.2 Å². The van der Waals surface area contributed by atoms with Gasteiger partial charge in [-0.15, -0.1) is 0 Å². The molecule has 4 nitrogen and oxygen atoms in total. The Kier molecular flexibility index (Phi) is 6.29. The van der Waals surface area contributed by atoms with Crippen molar-refractivity contribution >= 4 is 11.6 Å². The van der Waals surface area contributed by atoms with Crippen molar-refractivity contribution in [1.29, 1.82) is 0 Å². The van der Waals surface area contributed by atoms with Gasteiger partial charge < -0.3 is 15.1 Å². The first-order chi connectivity index (χ1) is 13.4. The molecule has 0 bridgehead atoms. The molecule has 150 valence electrons. The van der Waals surface area contributed by atoms with E-state index in [-0.39, 0.29) is 23.6 Å². The van der Waals surface area contributed by atoms with E-state index in [2.05, 4.69) is 22.0 Å². The fourth-order valence-corrected chi connectivity index (χ4v) is 3.61. The normalized spacial score (nSPS) is 16.1. The average molecular weight is 387 g/mol. The third-order valence-corrected chi connectivity index (χ3v) is 5.38. The minimum Gasteiger partial charge on any atom is -0.369 e. The van der Waals surface area contributed by atoms with Crippen LogP contribution in [-0.2, 0) is 0 Å². The number of rotatable bonds is 5. The van der Waals surface area contributed by atoms with Crippen LogP contribution in [0.2, 0.25) is 0 Å². The Hall–Kier alpha value is -2.47. The summed E-state index contributed by atoms with van der Waals surface area (Å²) in [6, 6.07) is 8.62. The molecule has 3 rings (SSSR count). The molecule has 6 heteroatoms. The van der Waals surface area contributed by atoms with E-state index < -0.39 is 0 Å². The first kappa shape index (κ1) is 20.3. The van der Waals surface area contributed by atoms with Crippen molar-refractivity contribution in [3.05, 3.63) is 64.7 Å². The van der Waals surface area contributed by atoms with Gasteiger partial charge in [-0.05, 0) is 62.4 Å². The molecule has 1 amide bonds. The first-order valence-electron chi connectivity index (χ1n) is 9.72. The molecule has 0 spiro atoms. The highest BCUT2D eigenvalue weighted by Gasteiger charge is 2.22. The lowest BCUT2D eigenvalue weighted by molar-refractivity contribution is 0.0939. The van der Waals surface area contributed by atoms with Gasteiger partial charge in [0.2, 0.25) is 0 Å². The molecular formula is C22H27F2N3O. The summed E-state index contributed by atoms with van der Waals surface area (Å²) in [5.41, 5.74) is 2.50. The SMILES string of the molecule is CCN1CCN(c2ccc(F)cc2C(C)NC(=O)c2ccc(F)c(C)c2)CC1. The smallest absolute Gasteiger partial charge is 0.251 e. The van der Waals surface area contributed by atoms with Crippen LogP contribution in [0.3, 0.4) is 0 Å². The number of amides is 1. The van der Waals surface area contributed by atoms with E-state index in [0.29, 0.717) is 11.1 Å². The van der Waals surface area contributed by atoms with E-state index in [1.165, 1.54) is 30.3 Å². The van der Waals surface area contributed by atoms with Gasteiger partial charge >= 0.3 is 0 Å². The first-order valence-corrected chi connectivity index (χ1v) is 9.72. The summed E-state index contributed by atoms with van der Waals surface area (Å²) < 4.78 is 27.4. The molecule has 1 N–H and O–H groups in total. The van der Waals surface area contributed by atoms with Gasteiger partial charge in [0.1, 0.15) is 11.6 Å². The monoisotopic (exact) mass is 387 g/mol. The lowest BCUT2D eigenvalue weighted by atomic mass is 10.0. The number of nitrogens with one attached hydrogen (secondary N) is 1. The van der Waals surface area contributed by atoms with Crippen molar-refractivity contribution in [3.8, 4) is 0 Å². The van der Waals surface area contributed by atoms with Gasteiger partial charge in [-0.2, -0.15) is 0 Å². The van der Waals surface area contributed by atoms with E-state index in [4.69, 9.17) is 0 Å². The zero-order chi connectivity index (χ0) is 20.3. The van der Waals surface area contributed by atoms with Crippen molar-refractivity contribution in [2.45, 2.75) is 26.8 Å². The summed E-state index contributed by atoms with van der Waals surface area (Å²) in [6.45, 7) is 10.3. The average Bonchev–Trinajstić information content (AvgIpc) is 2.70. The highest BCUT2D eigenvalue weighted by molar-refractivity contribution is 5.94. The van der Waals surface area contributed by atoms with Crippen LogP contribution in [0.1, 0.15) is 41.4 Å². The van der Waals surface area contributed by atoms with Gasteiger partial charge in [0.05, 0.1) is 6.04 Å². The van der Waals surface area contributed by atoms with Crippen LogP contribution in [0.15, 0.2) is 36.4 Å². The van der Waals surface area contributed by atoms with Crippen LogP contribution in [0.5, 0.6) is 0 Å². The number of anilines is 1. The number of halogens is 2. The highest BCUT2D eigenvalue weighted by atomic mass is 19.1. The second-order valence-corrected chi connectivity index (χ2v) is 7.28. The van der Waals surface area contributed by atoms with Crippen LogP contribution >= 0.6 is 0 Å². The number of benzene rings is 2. The number of likely N-dealkylation sites (N-methyl/N-ethyl adjacent to an activating group) is 1. The fourth-order valence-electron chi connectivity index (χ4n) is 3.61. The maximum absolute atomic E-state index is 14.0. The van der Waals surface area contributed by atoms with Crippen molar-refractivity contribution in [2.75, 3.05) is 37.6 Å². The number of hydrogen-bond acceptors (Lipinski definition) is 3. The summed E-state index contributed by atoms with van der Waals surface area (Å²) in [7, 11) is 0. The fraction of sp³-hybridized carbons (Fsp3) is 0.409. The molecule has 1 aliphatic heterocycles. The van der Waals surface area contributed by atoms with Gasteiger partial charge in [0.25, 0.3) is 5.91 Å². The number of aryl methyl sites for hydroxylation is 1. The summed E-state index contributed by atoms with van der Waals surface area (Å²) in [6.07, 6.45) is 0. The summed E-state index contributed by atoms with van der Waals surface area (Å²) in [5, 5.41) is 2.92. The molecule has 1 unspecified atom stereocenters. The summed E-state index contributed by atoms with van der Waals surface area (Å²) >= 11 is 0. The zero-order valence-electron chi connectivity index (χ0n) is 16.6. The number of hydrogen-bond donors (Lipinski definition) is 1. The van der Waals surface area contributed by atoms with Crippen molar-refractivity contribution in [3.63, 3.8) is 0 Å². The standard InChI is InChI=1S/C22H27F2N3O/c1-4-26-9-11-27(12-10-26)21-8-6-18(23)14-19(21)16(3)25-22(28)17-5-7-20(24)15(2)13-17/h5-8,13-14,16H,4,9-12H2,1-3H3,(H,25,28). The number of piperazine rings is 1. The summed E-state index contributed by atoms with van der Waals surface area (Å²) in [5.74, 6) is -0.977. The lowest BCUT2D eigenvalue weighted by Crippen LogP contribution is -2.46. The molecule has 1 atom stereocenters. The Labute approximate surface area is 165 Å². The molecule has 0 saturated carbocycles. The number of carbonyl (C=O) groups is 1.